The number of nitrogens with two attached hydrogens (primary N) is 1. The monoisotopic (exact) mass is 891 g/mol. The van der Waals surface area contributed by atoms with Crippen LogP contribution in [0.15, 0.2) is 0 Å². The molecule has 6 amide bonds. The van der Waals surface area contributed by atoms with Crippen LogP contribution in [0, 0.1) is 5.92 Å². The van der Waals surface area contributed by atoms with Crippen LogP contribution in [0.5, 0.6) is 0 Å². The fraction of sp³-hybridized carbons (Fsp3) is 0.810. The summed E-state index contributed by atoms with van der Waals surface area (Å²) in [4.78, 5) is 84.7. The number of unbranched alkanes of at least 4 members (excludes halogenated alkanes) is 9. The van der Waals surface area contributed by atoms with Gasteiger partial charge in [-0.1, -0.05) is 65.2 Å². The van der Waals surface area contributed by atoms with Crippen molar-refractivity contribution >= 4 is 64.9 Å². The fourth-order valence-electron chi connectivity index (χ4n) is 8.83. The first kappa shape index (κ1) is 48.4. The van der Waals surface area contributed by atoms with E-state index in [4.69, 9.17) is 17.3 Å². The maximum atomic E-state index is 13.6. The van der Waals surface area contributed by atoms with Gasteiger partial charge in [0.05, 0.1) is 12.1 Å². The summed E-state index contributed by atoms with van der Waals surface area (Å²) in [5.74, 6) is 1.67. The van der Waals surface area contributed by atoms with Gasteiger partial charge < -0.3 is 46.6 Å². The Morgan fingerprint density at radius 1 is 0.902 bits per heavy atom. The van der Waals surface area contributed by atoms with Crippen LogP contribution in [0.1, 0.15) is 117 Å². The maximum absolute atomic E-state index is 13.6. The number of thioether (sulfide) groups is 1. The summed E-state index contributed by atoms with van der Waals surface area (Å²) in [7, 11) is 1.68. The van der Waals surface area contributed by atoms with E-state index in [1.807, 2.05) is 30.5 Å². The molecule has 1 aromatic rings. The van der Waals surface area contributed by atoms with Crippen molar-refractivity contribution in [2.24, 2.45) is 11.7 Å². The Hall–Kier alpha value is -3.64. The minimum absolute atomic E-state index is 0.00162. The van der Waals surface area contributed by atoms with Crippen LogP contribution in [0.2, 0.25) is 5.28 Å². The second-order valence-electron chi connectivity index (χ2n) is 17.1. The molecule has 6 N–H and O–H groups in total. The van der Waals surface area contributed by atoms with E-state index >= 15 is 0 Å². The molecule has 6 atom stereocenters. The zero-order valence-electron chi connectivity index (χ0n) is 36.7. The molecular formula is C42H71ClN12O5S. The second-order valence-corrected chi connectivity index (χ2v) is 18.7. The molecule has 4 aliphatic rings. The average Bonchev–Trinajstić information content (AvgIpc) is 3.81. The van der Waals surface area contributed by atoms with E-state index in [1.165, 1.54) is 4.90 Å². The lowest BCUT2D eigenvalue weighted by molar-refractivity contribution is -0.161. The highest BCUT2D eigenvalue weighted by atomic mass is 35.5. The highest BCUT2D eigenvalue weighted by Crippen LogP contribution is 2.33. The van der Waals surface area contributed by atoms with E-state index < -0.39 is 12.1 Å². The second kappa shape index (κ2) is 24.9. The molecule has 0 saturated carbocycles. The van der Waals surface area contributed by atoms with Crippen molar-refractivity contribution < 1.29 is 24.0 Å². The van der Waals surface area contributed by atoms with Crippen LogP contribution in [0.25, 0.3) is 0 Å². The first-order valence-electron chi connectivity index (χ1n) is 22.9. The third-order valence-electron chi connectivity index (χ3n) is 12.7. The minimum atomic E-state index is -0.669. The van der Waals surface area contributed by atoms with E-state index in [-0.39, 0.29) is 59.5 Å². The summed E-state index contributed by atoms with van der Waals surface area (Å²) in [6.07, 6.45) is 14.5. The van der Waals surface area contributed by atoms with Crippen LogP contribution < -0.4 is 31.9 Å². The van der Waals surface area contributed by atoms with Crippen LogP contribution in [0.3, 0.4) is 0 Å². The van der Waals surface area contributed by atoms with E-state index in [1.54, 1.807) is 11.9 Å². The lowest BCUT2D eigenvalue weighted by Crippen LogP contribution is -2.64. The van der Waals surface area contributed by atoms with Crippen LogP contribution in [0.4, 0.5) is 16.7 Å². The van der Waals surface area contributed by atoms with Gasteiger partial charge in [-0.05, 0) is 69.0 Å². The number of rotatable bonds is 26. The molecule has 4 saturated heterocycles. The highest BCUT2D eigenvalue weighted by Gasteiger charge is 2.44. The Morgan fingerprint density at radius 2 is 1.61 bits per heavy atom. The van der Waals surface area contributed by atoms with Gasteiger partial charge in [-0.2, -0.15) is 26.7 Å². The number of piperazine rings is 2. The zero-order valence-corrected chi connectivity index (χ0v) is 38.2. The number of amides is 6. The summed E-state index contributed by atoms with van der Waals surface area (Å²) in [5, 5.41) is 13.0. The summed E-state index contributed by atoms with van der Waals surface area (Å²) < 4.78 is 0. The number of likely N-dealkylation sites (N-methyl/N-ethyl adjacent to an activating group) is 1. The summed E-state index contributed by atoms with van der Waals surface area (Å²) in [6.45, 7) is 8.18. The number of carbonyl (C=O) groups excluding carboxylic acids is 5. The third-order valence-corrected chi connectivity index (χ3v) is 14.4. The van der Waals surface area contributed by atoms with Gasteiger partial charge in [0.1, 0.15) is 18.6 Å². The first-order chi connectivity index (χ1) is 29.5. The number of carbonyl (C=O) groups is 5. The zero-order chi connectivity index (χ0) is 43.7. The van der Waals surface area contributed by atoms with Gasteiger partial charge in [0.2, 0.25) is 40.8 Å². The van der Waals surface area contributed by atoms with Crippen molar-refractivity contribution in [3.8, 4) is 0 Å². The average molecular weight is 892 g/mol. The third kappa shape index (κ3) is 14.2. The van der Waals surface area contributed by atoms with Crippen LogP contribution >= 0.6 is 23.4 Å². The molecule has 0 spiro atoms. The quantitative estimate of drug-likeness (QED) is 0.0666. The van der Waals surface area contributed by atoms with Gasteiger partial charge in [-0.15, -0.1) is 0 Å². The molecule has 1 aromatic heterocycles. The number of nitrogens with one attached hydrogen (secondary N) is 4. The fourth-order valence-corrected chi connectivity index (χ4v) is 10.5. The predicted octanol–water partition coefficient (Wildman–Crippen LogP) is 3.76. The number of hydrogen-bond donors (Lipinski definition) is 5. The van der Waals surface area contributed by atoms with Crippen LogP contribution in [-0.2, 0) is 19.2 Å². The van der Waals surface area contributed by atoms with Crippen molar-refractivity contribution in [1.82, 2.24) is 45.6 Å². The number of nitrogens with zero attached hydrogens (tertiary/aromatic N) is 7. The molecule has 0 radical (unpaired) electrons. The molecule has 5 rings (SSSR count). The SMILES string of the molecule is CC[C@H](C)[C@H]1C(=O)N([C@@H](CCCCN)C(=O)NCCCCCCCCCCC(=O)N2CCN(c3nc(Cl)nc(NCCCC[C@@H]4SC[C@@H]5NC(=O)N[C@@H]54)n3)CC2)CC(=O)N1C. The Labute approximate surface area is 371 Å². The maximum Gasteiger partial charge on any atom is 0.315 e. The number of aromatic nitrogens is 3. The number of halogens is 1. The Morgan fingerprint density at radius 3 is 2.33 bits per heavy atom. The molecule has 61 heavy (non-hydrogen) atoms. The molecule has 342 valence electrons. The summed E-state index contributed by atoms with van der Waals surface area (Å²) in [6, 6.07) is -0.804. The number of fused-ring (bicyclic) bond motifs is 1. The molecule has 0 aliphatic carbocycles. The van der Waals surface area contributed by atoms with Gasteiger partial charge >= 0.3 is 6.03 Å². The standard InChI is InChI=1S/C42H71ClN12O5S/c1-4-29(2)36-38(59)55(27-34(57)52(36)3)31(17-12-14-20-44)37(58)45-21-15-10-8-6-5-7-9-11-19-33(56)53-23-25-54(26-24-53)41-50-39(43)49-40(51-41)46-22-16-13-18-32-35-30(28-61-32)47-42(60)48-35/h29-32,35-36H,4-28,44H2,1-3H3,(H,45,58)(H2,47,48,60)(H,46,49,50,51)/t29-,30-,31-,32-,35-,36-/m0/s1. The number of urea groups is 1. The lowest BCUT2D eigenvalue weighted by atomic mass is 9.93. The Kier molecular flexibility index (Phi) is 19.7. The Bertz CT molecular complexity index is 1610. The predicted molar refractivity (Wildman–Crippen MR) is 240 cm³/mol. The molecule has 4 fully saturated rings. The minimum Gasteiger partial charge on any atom is -0.354 e. The van der Waals surface area contributed by atoms with Crippen molar-refractivity contribution in [1.29, 1.82) is 0 Å². The van der Waals surface area contributed by atoms with Crippen LogP contribution in [-0.4, -0.2) is 154 Å². The topological polar surface area (TPSA) is 211 Å². The molecule has 0 aromatic carbocycles. The van der Waals surface area contributed by atoms with Gasteiger partial charge in [-0.3, -0.25) is 19.2 Å². The molecule has 0 unspecified atom stereocenters. The van der Waals surface area contributed by atoms with E-state index in [0.29, 0.717) is 82.2 Å². The summed E-state index contributed by atoms with van der Waals surface area (Å²) >= 11 is 8.21. The lowest BCUT2D eigenvalue weighted by Gasteiger charge is -2.43. The molecule has 19 heteroatoms. The molecule has 4 aliphatic heterocycles. The normalized spacial score (nSPS) is 22.5. The van der Waals surface area contributed by atoms with E-state index in [9.17, 15) is 24.0 Å². The van der Waals surface area contributed by atoms with Crippen molar-refractivity contribution in [2.45, 2.75) is 146 Å². The Balaban J connectivity index is 0.893. The molecule has 5 heterocycles. The van der Waals surface area contributed by atoms with E-state index in [2.05, 4.69) is 41.1 Å². The van der Waals surface area contributed by atoms with Crippen molar-refractivity contribution in [3.63, 3.8) is 0 Å². The molecule has 17 nitrogen and oxygen atoms in total. The van der Waals surface area contributed by atoms with Crippen molar-refractivity contribution in [2.75, 3.05) is 75.4 Å². The number of anilines is 2. The largest absolute Gasteiger partial charge is 0.354 e. The molecule has 0 bridgehead atoms. The smallest absolute Gasteiger partial charge is 0.315 e. The van der Waals surface area contributed by atoms with Gasteiger partial charge in [0.15, 0.2) is 0 Å². The van der Waals surface area contributed by atoms with Gasteiger partial charge in [0, 0.05) is 63.7 Å². The van der Waals surface area contributed by atoms with Gasteiger partial charge in [0.25, 0.3) is 0 Å². The number of hydrogen-bond acceptors (Lipinski definition) is 12. The first-order valence-corrected chi connectivity index (χ1v) is 24.3. The van der Waals surface area contributed by atoms with Crippen molar-refractivity contribution in [3.05, 3.63) is 5.28 Å². The highest BCUT2D eigenvalue weighted by molar-refractivity contribution is 8.00. The van der Waals surface area contributed by atoms with E-state index in [0.717, 1.165) is 89.2 Å². The van der Waals surface area contributed by atoms with Gasteiger partial charge in [-0.25, -0.2) is 4.79 Å². The molecular weight excluding hydrogens is 820 g/mol. The summed E-state index contributed by atoms with van der Waals surface area (Å²) in [5.41, 5.74) is 5.71.